The first-order valence-corrected chi connectivity index (χ1v) is 8.95. The van der Waals surface area contributed by atoms with Crippen LogP contribution in [-0.4, -0.2) is 31.8 Å². The van der Waals surface area contributed by atoms with Crippen LogP contribution in [0.3, 0.4) is 0 Å². The van der Waals surface area contributed by atoms with Gasteiger partial charge in [0.05, 0.1) is 43.2 Å². The number of pyridine rings is 1. The maximum absolute atomic E-state index is 13.8. The first-order valence-electron chi connectivity index (χ1n) is 8.95. The van der Waals surface area contributed by atoms with Crippen LogP contribution < -0.4 is 14.8 Å². The molecule has 0 aliphatic heterocycles. The Morgan fingerprint density at radius 2 is 1.73 bits per heavy atom. The first kappa shape index (κ1) is 21.2. The van der Waals surface area contributed by atoms with E-state index < -0.39 is 17.7 Å². The third-order valence-electron chi connectivity index (χ3n) is 4.30. The molecule has 1 heterocycles. The van der Waals surface area contributed by atoms with E-state index >= 15 is 0 Å². The Morgan fingerprint density at radius 3 is 2.37 bits per heavy atom. The second kappa shape index (κ2) is 8.48. The van der Waals surface area contributed by atoms with Crippen molar-refractivity contribution in [2.24, 2.45) is 0 Å². The molecule has 1 N–H and O–H groups in total. The molecular formula is C21H19F3N2O4. The summed E-state index contributed by atoms with van der Waals surface area (Å²) in [4.78, 5) is 16.4. The summed E-state index contributed by atoms with van der Waals surface area (Å²) < 4.78 is 56.6. The molecule has 0 fully saturated rings. The molecule has 6 nitrogen and oxygen atoms in total. The molecule has 158 valence electrons. The maximum Gasteiger partial charge on any atom is 0.417 e. The maximum atomic E-state index is 13.8. The Balaban J connectivity index is 2.15. The molecule has 0 spiro atoms. The van der Waals surface area contributed by atoms with Gasteiger partial charge in [-0.05, 0) is 31.2 Å². The van der Waals surface area contributed by atoms with Crippen molar-refractivity contribution in [1.29, 1.82) is 0 Å². The number of aromatic nitrogens is 1. The Kier molecular flexibility index (Phi) is 6.00. The number of esters is 1. The number of para-hydroxylation sites is 1. The normalized spacial score (nSPS) is 11.3. The molecular weight excluding hydrogens is 401 g/mol. The highest BCUT2D eigenvalue weighted by Crippen LogP contribution is 2.40. The lowest BCUT2D eigenvalue weighted by Crippen LogP contribution is -2.10. The van der Waals surface area contributed by atoms with E-state index in [1.165, 1.54) is 32.4 Å². The van der Waals surface area contributed by atoms with Gasteiger partial charge in [0.15, 0.2) is 11.5 Å². The number of benzene rings is 2. The molecule has 0 amide bonds. The Morgan fingerprint density at radius 1 is 1.07 bits per heavy atom. The van der Waals surface area contributed by atoms with E-state index in [9.17, 15) is 18.0 Å². The summed E-state index contributed by atoms with van der Waals surface area (Å²) in [5, 5.41) is 2.66. The van der Waals surface area contributed by atoms with Crippen molar-refractivity contribution in [2.75, 3.05) is 26.1 Å². The molecule has 0 aliphatic rings. The van der Waals surface area contributed by atoms with Crippen molar-refractivity contribution >= 4 is 28.4 Å². The number of carbonyl (C=O) groups excluding carboxylic acids is 1. The van der Waals surface area contributed by atoms with Crippen molar-refractivity contribution in [2.45, 2.75) is 13.1 Å². The van der Waals surface area contributed by atoms with E-state index in [4.69, 9.17) is 14.2 Å². The van der Waals surface area contributed by atoms with Crippen LogP contribution in [0.2, 0.25) is 0 Å². The minimum atomic E-state index is -4.64. The van der Waals surface area contributed by atoms with Gasteiger partial charge in [-0.15, -0.1) is 0 Å². The Hall–Kier alpha value is -3.49. The highest BCUT2D eigenvalue weighted by atomic mass is 19.4. The summed E-state index contributed by atoms with van der Waals surface area (Å²) in [5.41, 5.74) is -0.387. The SMILES string of the molecule is CCOC(=O)c1ccccc1Nc1cc(C(F)(F)F)c2cc(OC)c(OC)cc2n1. The summed E-state index contributed by atoms with van der Waals surface area (Å²) >= 11 is 0. The molecule has 0 saturated heterocycles. The number of methoxy groups -OCH3 is 2. The van der Waals surface area contributed by atoms with Gasteiger partial charge < -0.3 is 19.5 Å². The molecule has 0 radical (unpaired) electrons. The van der Waals surface area contributed by atoms with E-state index in [1.54, 1.807) is 25.1 Å². The van der Waals surface area contributed by atoms with Gasteiger partial charge in [-0.1, -0.05) is 12.1 Å². The van der Waals surface area contributed by atoms with Crippen LogP contribution in [-0.2, 0) is 10.9 Å². The largest absolute Gasteiger partial charge is 0.493 e. The van der Waals surface area contributed by atoms with Crippen LogP contribution >= 0.6 is 0 Å². The van der Waals surface area contributed by atoms with Gasteiger partial charge in [-0.2, -0.15) is 13.2 Å². The van der Waals surface area contributed by atoms with Crippen molar-refractivity contribution in [3.63, 3.8) is 0 Å². The standard InChI is InChI=1S/C21H19F3N2O4/c1-4-30-20(27)12-7-5-6-8-15(12)25-19-10-14(21(22,23)24)13-9-17(28-2)18(29-3)11-16(13)26-19/h5-11H,4H2,1-3H3,(H,25,26). The molecule has 3 rings (SSSR count). The number of carbonyl (C=O) groups is 1. The quantitative estimate of drug-likeness (QED) is 0.554. The number of ether oxygens (including phenoxy) is 3. The summed E-state index contributed by atoms with van der Waals surface area (Å²) in [6, 6.07) is 9.83. The zero-order valence-electron chi connectivity index (χ0n) is 16.5. The first-order chi connectivity index (χ1) is 14.3. The third-order valence-corrected chi connectivity index (χ3v) is 4.30. The fraction of sp³-hybridized carbons (Fsp3) is 0.238. The van der Waals surface area contributed by atoms with Gasteiger partial charge in [-0.3, -0.25) is 0 Å². The molecule has 2 aromatic carbocycles. The summed E-state index contributed by atoms with van der Waals surface area (Å²) in [5.74, 6) is -0.275. The third kappa shape index (κ3) is 4.24. The molecule has 9 heteroatoms. The van der Waals surface area contributed by atoms with Crippen molar-refractivity contribution < 1.29 is 32.2 Å². The average molecular weight is 420 g/mol. The van der Waals surface area contributed by atoms with Gasteiger partial charge in [-0.25, -0.2) is 9.78 Å². The van der Waals surface area contributed by atoms with Gasteiger partial charge in [0.25, 0.3) is 0 Å². The highest BCUT2D eigenvalue weighted by molar-refractivity contribution is 5.97. The molecule has 0 unspecified atom stereocenters. The minimum Gasteiger partial charge on any atom is -0.493 e. The van der Waals surface area contributed by atoms with E-state index in [0.29, 0.717) is 0 Å². The van der Waals surface area contributed by atoms with Crippen LogP contribution in [0.5, 0.6) is 11.5 Å². The van der Waals surface area contributed by atoms with Crippen molar-refractivity contribution in [1.82, 2.24) is 4.98 Å². The van der Waals surface area contributed by atoms with Crippen LogP contribution in [0, 0.1) is 0 Å². The van der Waals surface area contributed by atoms with E-state index in [-0.39, 0.29) is 46.1 Å². The molecule has 1 aromatic heterocycles. The Bertz CT molecular complexity index is 1080. The van der Waals surface area contributed by atoms with E-state index in [1.807, 2.05) is 0 Å². The average Bonchev–Trinajstić information content (AvgIpc) is 2.72. The number of nitrogens with one attached hydrogen (secondary N) is 1. The fourth-order valence-corrected chi connectivity index (χ4v) is 2.97. The number of hydrogen-bond acceptors (Lipinski definition) is 6. The monoisotopic (exact) mass is 420 g/mol. The predicted octanol–water partition coefficient (Wildman–Crippen LogP) is 5.19. The van der Waals surface area contributed by atoms with Crippen LogP contribution in [0.1, 0.15) is 22.8 Å². The molecule has 3 aromatic rings. The van der Waals surface area contributed by atoms with Gasteiger partial charge in [0, 0.05) is 11.5 Å². The lowest BCUT2D eigenvalue weighted by atomic mass is 10.1. The Labute approximate surface area is 170 Å². The molecule has 0 atom stereocenters. The number of rotatable bonds is 6. The zero-order chi connectivity index (χ0) is 21.9. The fourth-order valence-electron chi connectivity index (χ4n) is 2.97. The second-order valence-corrected chi connectivity index (χ2v) is 6.17. The predicted molar refractivity (Wildman–Crippen MR) is 106 cm³/mol. The minimum absolute atomic E-state index is 0.0543. The topological polar surface area (TPSA) is 69.7 Å². The molecule has 30 heavy (non-hydrogen) atoms. The van der Waals surface area contributed by atoms with E-state index in [2.05, 4.69) is 10.3 Å². The van der Waals surface area contributed by atoms with Gasteiger partial charge in [0.1, 0.15) is 5.82 Å². The van der Waals surface area contributed by atoms with Crippen LogP contribution in [0.15, 0.2) is 42.5 Å². The number of hydrogen-bond donors (Lipinski definition) is 1. The molecule has 0 aliphatic carbocycles. The van der Waals surface area contributed by atoms with E-state index in [0.717, 1.165) is 6.07 Å². The molecule has 0 bridgehead atoms. The lowest BCUT2D eigenvalue weighted by molar-refractivity contribution is -0.136. The van der Waals surface area contributed by atoms with Crippen LogP contribution in [0.4, 0.5) is 24.7 Å². The summed E-state index contributed by atoms with van der Waals surface area (Å²) in [7, 11) is 2.72. The molecule has 0 saturated carbocycles. The van der Waals surface area contributed by atoms with Crippen LogP contribution in [0.25, 0.3) is 10.9 Å². The number of anilines is 2. The number of nitrogens with zero attached hydrogens (tertiary/aromatic N) is 1. The van der Waals surface area contributed by atoms with Gasteiger partial charge in [0.2, 0.25) is 0 Å². The second-order valence-electron chi connectivity index (χ2n) is 6.17. The number of alkyl halides is 3. The summed E-state index contributed by atoms with van der Waals surface area (Å²) in [6.07, 6.45) is -4.64. The lowest BCUT2D eigenvalue weighted by Gasteiger charge is -2.16. The van der Waals surface area contributed by atoms with Gasteiger partial charge >= 0.3 is 12.1 Å². The highest BCUT2D eigenvalue weighted by Gasteiger charge is 2.34. The van der Waals surface area contributed by atoms with Crippen molar-refractivity contribution in [3.05, 3.63) is 53.6 Å². The number of fused-ring (bicyclic) bond motifs is 1. The van der Waals surface area contributed by atoms with Crippen molar-refractivity contribution in [3.8, 4) is 11.5 Å². The zero-order valence-corrected chi connectivity index (χ0v) is 16.5. The number of halogens is 3. The summed E-state index contributed by atoms with van der Waals surface area (Å²) in [6.45, 7) is 1.83. The smallest absolute Gasteiger partial charge is 0.417 e.